The van der Waals surface area contributed by atoms with E-state index in [1.807, 2.05) is 146 Å². The predicted molar refractivity (Wildman–Crippen MR) is 460 cm³/mol. The highest BCUT2D eigenvalue weighted by Gasteiger charge is 2.65. The zero-order valence-corrected chi connectivity index (χ0v) is 75.1. The number of terminal acetylenes is 1. The lowest BCUT2D eigenvalue weighted by molar-refractivity contribution is -0.150. The summed E-state index contributed by atoms with van der Waals surface area (Å²) in [6, 6.07) is 36.0. The standard InChI is InChI=1S/C24H25NO3.C23H26O3.C20H26O3.C18H20F4O3.C15H12Cl2F4O2/c1-16(2)13-20-22(24(20,3)4)23(26)28-21(15-25)17-9-8-12-19(14-17)27-18-10-6-5-7-11-18;1-16(2)13-20-21(23(20,3)4)22(24)25-15-17-9-8-12-19(14-17)26-18-10-6-5-7-11-18;1-7-8-15-13(4)14(10-17(15)21)11-23-19(22)18-16(9-12(2)3)20(18,5)6;1-4-5-11-12(18(11,2)3)17(24)25-8-10-15(21)13(19)9(6-7-23)14(20)16(10)22;1-15(2)7(3-10(16)17)11(15)14(22)23-5-6-12(20)8(18)4-9(19)13(6)21/h5-14,20-22H,1-4H3;5-14,20-21H,15H2,1-4H3;1,9,14,16,18H,8,10-11H2,2-6H3;4-5,11-12,23H,6-8H2,1-3H3;3-4,7,11H,5H2,1-2H3. The fourth-order valence-corrected chi connectivity index (χ4v) is 16.4. The van der Waals surface area contributed by atoms with Crippen LogP contribution in [0.2, 0.25) is 0 Å². The van der Waals surface area contributed by atoms with Crippen molar-refractivity contribution in [3.8, 4) is 41.4 Å². The minimum atomic E-state index is -1.62. The highest BCUT2D eigenvalue weighted by atomic mass is 35.5. The second-order valence-electron chi connectivity index (χ2n) is 35.8. The number of aliphatic hydroxyl groups is 1. The van der Waals surface area contributed by atoms with Crippen LogP contribution in [0.1, 0.15) is 171 Å². The molecule has 5 saturated carbocycles. The Morgan fingerprint density at radius 2 is 0.888 bits per heavy atom. The first-order valence-corrected chi connectivity index (χ1v) is 41.9. The first-order chi connectivity index (χ1) is 58.6. The maximum absolute atomic E-state index is 14.0. The molecule has 0 saturated heterocycles. The molecule has 25 heteroatoms. The molecule has 0 amide bonds. The van der Waals surface area contributed by atoms with Crippen LogP contribution in [0.3, 0.4) is 0 Å². The number of benzene rings is 6. The number of nitrogens with zero attached hydrogens (tertiary/aromatic N) is 1. The van der Waals surface area contributed by atoms with Gasteiger partial charge in [0.1, 0.15) is 53.4 Å². The third-order valence-electron chi connectivity index (χ3n) is 24.1. The van der Waals surface area contributed by atoms with Crippen LogP contribution in [0.4, 0.5) is 35.1 Å². The van der Waals surface area contributed by atoms with Gasteiger partial charge in [-0.1, -0.05) is 206 Å². The lowest BCUT2D eigenvalue weighted by Gasteiger charge is -2.13. The van der Waals surface area contributed by atoms with Crippen LogP contribution in [-0.4, -0.2) is 54.0 Å². The van der Waals surface area contributed by atoms with E-state index in [1.54, 1.807) is 45.0 Å². The zero-order chi connectivity index (χ0) is 92.9. The number of nitriles is 1. The SMILES string of the molecule is C#CCC1=C(C)C(COC(=O)C2C(C=C(C)C)C2(C)C)CC1=O.CC(C)=CC1C(C(=O)OC(C#N)c2cccc(Oc3ccccc3)c2)C1(C)C.CC(C)=CC1C(C(=O)OCc2cccc(Oc3ccccc3)c2)C1(C)C.CC1(C)C(C=C(Cl)Cl)C1C(=O)OCc1c(F)c(F)cc(F)c1F.CC=CC1C(C(=O)OCc2c(F)c(F)c(CCO)c(F)c2F)C1(C)C. The summed E-state index contributed by atoms with van der Waals surface area (Å²) in [5.74, 6) is -10.4. The van der Waals surface area contributed by atoms with Crippen molar-refractivity contribution in [2.24, 2.45) is 92.2 Å². The molecule has 12 atom stereocenters. The van der Waals surface area contributed by atoms with Crippen molar-refractivity contribution in [1.29, 1.82) is 5.26 Å². The average Bonchev–Trinajstić information content (AvgIpc) is 1.60. The summed E-state index contributed by atoms with van der Waals surface area (Å²) >= 11 is 11.1. The Kier molecular flexibility index (Phi) is 33.7. The minimum absolute atomic E-state index is 0.0114. The van der Waals surface area contributed by atoms with E-state index in [0.29, 0.717) is 29.9 Å². The summed E-state index contributed by atoms with van der Waals surface area (Å²) in [5.41, 5.74) is 2.99. The van der Waals surface area contributed by atoms with Crippen molar-refractivity contribution in [2.75, 3.05) is 13.2 Å². The van der Waals surface area contributed by atoms with Gasteiger partial charge in [0.15, 0.2) is 52.3 Å². The quantitative estimate of drug-likeness (QED) is 0.0127. The number of allylic oxidation sites excluding steroid dienone is 10. The molecule has 668 valence electrons. The number of halogens is 10. The van der Waals surface area contributed by atoms with Gasteiger partial charge < -0.3 is 38.3 Å². The molecule has 0 aliphatic heterocycles. The van der Waals surface area contributed by atoms with Crippen LogP contribution in [-0.2, 0) is 78.7 Å². The highest BCUT2D eigenvalue weighted by molar-refractivity contribution is 6.55. The number of ketones is 1. The van der Waals surface area contributed by atoms with Gasteiger partial charge in [0.05, 0.1) is 47.3 Å². The van der Waals surface area contributed by atoms with Crippen molar-refractivity contribution >= 4 is 58.8 Å². The van der Waals surface area contributed by atoms with Crippen LogP contribution < -0.4 is 9.47 Å². The molecular formula is C100H109Cl2F8NO14. The first kappa shape index (κ1) is 99.8. The van der Waals surface area contributed by atoms with Gasteiger partial charge in [0.25, 0.3) is 0 Å². The van der Waals surface area contributed by atoms with Gasteiger partial charge in [-0.25, -0.2) is 35.1 Å². The van der Waals surface area contributed by atoms with E-state index >= 15 is 0 Å². The number of carbonyl (C=O) groups excluding carboxylic acids is 6. The van der Waals surface area contributed by atoms with Gasteiger partial charge in [0.2, 0.25) is 6.10 Å². The molecule has 6 aromatic carbocycles. The molecule has 12 rings (SSSR count). The topological polar surface area (TPSA) is 211 Å². The molecule has 0 bridgehead atoms. The smallest absolute Gasteiger partial charge is 0.311 e. The van der Waals surface area contributed by atoms with Gasteiger partial charge in [0, 0.05) is 54.6 Å². The summed E-state index contributed by atoms with van der Waals surface area (Å²) in [7, 11) is 0. The number of para-hydroxylation sites is 2. The van der Waals surface area contributed by atoms with Crippen molar-refractivity contribution in [1.82, 2.24) is 0 Å². The summed E-state index contributed by atoms with van der Waals surface area (Å²) < 4.78 is 147. The Morgan fingerprint density at radius 3 is 1.31 bits per heavy atom. The van der Waals surface area contributed by atoms with Crippen molar-refractivity contribution in [2.45, 2.75) is 170 Å². The second-order valence-corrected chi connectivity index (χ2v) is 36.8. The molecule has 6 aliphatic rings. The van der Waals surface area contributed by atoms with Gasteiger partial charge in [-0.15, -0.1) is 12.3 Å². The Hall–Kier alpha value is -10.6. The third kappa shape index (κ3) is 24.8. The van der Waals surface area contributed by atoms with E-state index < -0.39 is 125 Å². The van der Waals surface area contributed by atoms with Crippen LogP contribution in [0.15, 0.2) is 184 Å². The minimum Gasteiger partial charge on any atom is -0.465 e. The van der Waals surface area contributed by atoms with Crippen LogP contribution in [0.5, 0.6) is 23.0 Å². The third-order valence-corrected chi connectivity index (χ3v) is 24.4. The van der Waals surface area contributed by atoms with Crippen molar-refractivity contribution < 1.29 is 102 Å². The lowest BCUT2D eigenvalue weighted by atomic mass is 10.0. The Balaban J connectivity index is 0.000000194. The molecule has 0 radical (unpaired) electrons. The van der Waals surface area contributed by atoms with E-state index in [0.717, 1.165) is 28.2 Å². The summed E-state index contributed by atoms with van der Waals surface area (Å²) in [6.45, 7) is 33.8. The van der Waals surface area contributed by atoms with E-state index in [9.17, 15) is 69.2 Å². The summed E-state index contributed by atoms with van der Waals surface area (Å²) in [6.07, 6.45) is 16.1. The Labute approximate surface area is 737 Å². The number of aliphatic hydroxyl groups excluding tert-OH is 1. The predicted octanol–water partition coefficient (Wildman–Crippen LogP) is 23.8. The first-order valence-electron chi connectivity index (χ1n) is 41.1. The molecule has 125 heavy (non-hydrogen) atoms. The monoisotopic (exact) mass is 1770 g/mol. The van der Waals surface area contributed by atoms with Crippen LogP contribution in [0, 0.1) is 162 Å². The highest BCUT2D eigenvalue weighted by Crippen LogP contribution is 2.64. The second kappa shape index (κ2) is 42.1. The van der Waals surface area contributed by atoms with E-state index in [2.05, 4.69) is 85.6 Å². The number of hydrogen-bond acceptors (Lipinski definition) is 15. The van der Waals surface area contributed by atoms with E-state index in [1.165, 1.54) is 22.8 Å². The van der Waals surface area contributed by atoms with Crippen LogP contribution in [0.25, 0.3) is 0 Å². The Morgan fingerprint density at radius 1 is 0.504 bits per heavy atom. The number of hydrogen-bond donors (Lipinski definition) is 1. The molecule has 0 heterocycles. The molecule has 15 nitrogen and oxygen atoms in total. The zero-order valence-electron chi connectivity index (χ0n) is 73.6. The van der Waals surface area contributed by atoms with Gasteiger partial charge in [-0.3, -0.25) is 28.8 Å². The largest absolute Gasteiger partial charge is 0.465 e. The number of ether oxygens (including phenoxy) is 7. The normalized spacial score (nSPS) is 22.3. The molecule has 0 aromatic heterocycles. The maximum Gasteiger partial charge on any atom is 0.311 e. The van der Waals surface area contributed by atoms with Crippen LogP contribution >= 0.6 is 23.2 Å². The van der Waals surface area contributed by atoms with E-state index in [4.69, 9.17) is 67.9 Å². The molecular weight excluding hydrogens is 1660 g/mol. The molecule has 5 fully saturated rings. The molecule has 0 spiro atoms. The molecule has 6 aliphatic carbocycles. The Bertz CT molecular complexity index is 5200. The number of esters is 5. The van der Waals surface area contributed by atoms with E-state index in [-0.39, 0.29) is 122 Å². The molecule has 12 unspecified atom stereocenters. The number of carbonyl (C=O) groups is 6. The summed E-state index contributed by atoms with van der Waals surface area (Å²) in [4.78, 5) is 73.6. The van der Waals surface area contributed by atoms with Crippen molar-refractivity contribution in [3.05, 3.63) is 258 Å². The number of Topliss-reactive ketones (excluding diaryl/α,β-unsaturated/α-hetero) is 1. The van der Waals surface area contributed by atoms with Gasteiger partial charge in [-0.05, 0) is 172 Å². The van der Waals surface area contributed by atoms with Gasteiger partial charge in [-0.2, -0.15) is 5.26 Å². The average molecular weight is 1770 g/mol. The molecule has 1 N–H and O–H groups in total. The van der Waals surface area contributed by atoms with Crippen molar-refractivity contribution in [3.63, 3.8) is 0 Å². The van der Waals surface area contributed by atoms with Gasteiger partial charge >= 0.3 is 29.8 Å². The maximum atomic E-state index is 14.0. The fourth-order valence-electron chi connectivity index (χ4n) is 16.1. The molecule has 6 aromatic rings. The number of rotatable bonds is 27. The lowest BCUT2D eigenvalue weighted by Crippen LogP contribution is -2.17. The fraction of sp³-hybridized carbons (Fsp3) is 0.430. The summed E-state index contributed by atoms with van der Waals surface area (Å²) in [5, 5.41) is 18.3.